The lowest BCUT2D eigenvalue weighted by atomic mass is 9.80. The molecule has 3 aliphatic rings. The third kappa shape index (κ3) is 3.80. The molecule has 2 aliphatic heterocycles. The fourth-order valence-corrected chi connectivity index (χ4v) is 4.94. The summed E-state index contributed by atoms with van der Waals surface area (Å²) in [4.78, 5) is 2.85. The Kier molecular flexibility index (Phi) is 5.58. The Morgan fingerprint density at radius 1 is 1.19 bits per heavy atom. The second kappa shape index (κ2) is 7.43. The van der Waals surface area contributed by atoms with Crippen LogP contribution >= 0.6 is 0 Å². The minimum absolute atomic E-state index is 0.373. The van der Waals surface area contributed by atoms with Crippen molar-refractivity contribution in [3.63, 3.8) is 0 Å². The van der Waals surface area contributed by atoms with E-state index in [2.05, 4.69) is 17.1 Å². The third-order valence-electron chi connectivity index (χ3n) is 5.98. The van der Waals surface area contributed by atoms with Crippen LogP contribution in [0.1, 0.15) is 58.3 Å². The molecular weight excluding hydrogens is 260 g/mol. The van der Waals surface area contributed by atoms with E-state index in [1.165, 1.54) is 64.5 Å². The van der Waals surface area contributed by atoms with E-state index < -0.39 is 0 Å². The zero-order chi connectivity index (χ0) is 14.5. The number of rotatable bonds is 6. The minimum atomic E-state index is 0.373. The van der Waals surface area contributed by atoms with E-state index in [9.17, 15) is 0 Å². The Labute approximate surface area is 130 Å². The van der Waals surface area contributed by atoms with Gasteiger partial charge in [-0.2, -0.15) is 0 Å². The maximum absolute atomic E-state index is 5.90. The largest absolute Gasteiger partial charge is 0.381 e. The van der Waals surface area contributed by atoms with Crippen molar-refractivity contribution in [3.05, 3.63) is 0 Å². The summed E-state index contributed by atoms with van der Waals surface area (Å²) in [5.41, 5.74) is 0.373. The fraction of sp³-hybridized carbons (Fsp3) is 1.00. The highest BCUT2D eigenvalue weighted by Crippen LogP contribution is 2.39. The third-order valence-corrected chi connectivity index (χ3v) is 5.98. The number of hydrogen-bond acceptors (Lipinski definition) is 3. The summed E-state index contributed by atoms with van der Waals surface area (Å²) < 4.78 is 5.90. The van der Waals surface area contributed by atoms with Crippen LogP contribution in [0.2, 0.25) is 0 Å². The van der Waals surface area contributed by atoms with Crippen molar-refractivity contribution in [2.24, 2.45) is 11.3 Å². The van der Waals surface area contributed by atoms with E-state index in [0.29, 0.717) is 5.41 Å². The number of hydrogen-bond donors (Lipinski definition) is 1. The van der Waals surface area contributed by atoms with Crippen LogP contribution in [-0.4, -0.2) is 50.3 Å². The smallest absolute Gasteiger partial charge is 0.0546 e. The summed E-state index contributed by atoms with van der Waals surface area (Å²) in [6, 6.07) is 0.892. The molecule has 0 spiro atoms. The molecule has 1 N–H and O–H groups in total. The van der Waals surface area contributed by atoms with Crippen molar-refractivity contribution in [2.45, 2.75) is 64.3 Å². The van der Waals surface area contributed by atoms with Gasteiger partial charge in [0.05, 0.1) is 6.61 Å². The van der Waals surface area contributed by atoms with E-state index in [-0.39, 0.29) is 0 Å². The van der Waals surface area contributed by atoms with Crippen molar-refractivity contribution in [1.29, 1.82) is 0 Å². The molecule has 0 aromatic rings. The van der Waals surface area contributed by atoms with Crippen molar-refractivity contribution in [1.82, 2.24) is 10.2 Å². The lowest BCUT2D eigenvalue weighted by Gasteiger charge is -2.46. The van der Waals surface area contributed by atoms with Crippen molar-refractivity contribution < 1.29 is 4.74 Å². The SMILES string of the molecule is CCCNCC1(CN2CCCC3CCCC32)CCCOC1. The zero-order valence-electron chi connectivity index (χ0n) is 13.9. The Balaban J connectivity index is 1.62. The highest BCUT2D eigenvalue weighted by Gasteiger charge is 2.40. The Bertz CT molecular complexity index is 314. The van der Waals surface area contributed by atoms with Gasteiger partial charge in [0.15, 0.2) is 0 Å². The Morgan fingerprint density at radius 2 is 2.10 bits per heavy atom. The van der Waals surface area contributed by atoms with E-state index in [4.69, 9.17) is 4.74 Å². The molecule has 0 radical (unpaired) electrons. The van der Waals surface area contributed by atoms with E-state index >= 15 is 0 Å². The predicted molar refractivity (Wildman–Crippen MR) is 87.6 cm³/mol. The highest BCUT2D eigenvalue weighted by molar-refractivity contribution is 4.94. The average Bonchev–Trinajstić information content (AvgIpc) is 2.98. The van der Waals surface area contributed by atoms with Crippen LogP contribution in [0.15, 0.2) is 0 Å². The van der Waals surface area contributed by atoms with Gasteiger partial charge in [-0.25, -0.2) is 0 Å². The van der Waals surface area contributed by atoms with Gasteiger partial charge < -0.3 is 10.1 Å². The molecule has 0 aromatic carbocycles. The van der Waals surface area contributed by atoms with Gasteiger partial charge in [0.2, 0.25) is 0 Å². The van der Waals surface area contributed by atoms with Crippen LogP contribution in [0.3, 0.4) is 0 Å². The normalized spacial score (nSPS) is 37.6. The first-order chi connectivity index (χ1) is 10.3. The topological polar surface area (TPSA) is 24.5 Å². The molecule has 2 heterocycles. The van der Waals surface area contributed by atoms with Crippen molar-refractivity contribution in [3.8, 4) is 0 Å². The lowest BCUT2D eigenvalue weighted by molar-refractivity contribution is -0.0415. The fourth-order valence-electron chi connectivity index (χ4n) is 4.94. The first-order valence-corrected chi connectivity index (χ1v) is 9.35. The summed E-state index contributed by atoms with van der Waals surface area (Å²) in [7, 11) is 0. The molecule has 122 valence electrons. The molecule has 1 saturated carbocycles. The van der Waals surface area contributed by atoms with Gasteiger partial charge in [0.25, 0.3) is 0 Å². The first-order valence-electron chi connectivity index (χ1n) is 9.35. The van der Waals surface area contributed by atoms with Gasteiger partial charge in [-0.15, -0.1) is 0 Å². The molecular formula is C18H34N2O. The molecule has 3 heteroatoms. The first kappa shape index (κ1) is 15.8. The number of nitrogens with zero attached hydrogens (tertiary/aromatic N) is 1. The molecule has 3 fully saturated rings. The molecule has 3 atom stereocenters. The van der Waals surface area contributed by atoms with E-state index in [1.807, 2.05) is 0 Å². The van der Waals surface area contributed by atoms with Crippen LogP contribution in [0, 0.1) is 11.3 Å². The van der Waals surface area contributed by atoms with Gasteiger partial charge in [-0.3, -0.25) is 4.90 Å². The highest BCUT2D eigenvalue weighted by atomic mass is 16.5. The molecule has 0 amide bonds. The molecule has 2 saturated heterocycles. The molecule has 3 nitrogen and oxygen atoms in total. The Hall–Kier alpha value is -0.120. The quantitative estimate of drug-likeness (QED) is 0.762. The van der Waals surface area contributed by atoms with Gasteiger partial charge in [0, 0.05) is 31.2 Å². The summed E-state index contributed by atoms with van der Waals surface area (Å²) in [6.07, 6.45) is 11.1. The van der Waals surface area contributed by atoms with Gasteiger partial charge in [-0.05, 0) is 64.0 Å². The monoisotopic (exact) mass is 294 g/mol. The zero-order valence-corrected chi connectivity index (χ0v) is 13.9. The summed E-state index contributed by atoms with van der Waals surface area (Å²) in [5, 5.41) is 3.69. The second-order valence-corrected chi connectivity index (χ2v) is 7.70. The van der Waals surface area contributed by atoms with Crippen LogP contribution < -0.4 is 5.32 Å². The second-order valence-electron chi connectivity index (χ2n) is 7.70. The lowest BCUT2D eigenvalue weighted by Crippen LogP contribution is -2.53. The molecule has 3 unspecified atom stereocenters. The molecule has 3 rings (SSSR count). The number of fused-ring (bicyclic) bond motifs is 1. The molecule has 21 heavy (non-hydrogen) atoms. The minimum Gasteiger partial charge on any atom is -0.381 e. The van der Waals surface area contributed by atoms with Crippen LogP contribution in [-0.2, 0) is 4.74 Å². The van der Waals surface area contributed by atoms with Gasteiger partial charge in [0.1, 0.15) is 0 Å². The molecule has 0 bridgehead atoms. The van der Waals surface area contributed by atoms with E-state index in [1.54, 1.807) is 0 Å². The Morgan fingerprint density at radius 3 is 2.90 bits per heavy atom. The summed E-state index contributed by atoms with van der Waals surface area (Å²) >= 11 is 0. The van der Waals surface area contributed by atoms with Gasteiger partial charge in [-0.1, -0.05) is 13.3 Å². The molecule has 1 aliphatic carbocycles. The standard InChI is InChI=1S/C18H34N2O/c1-2-10-19-13-18(9-5-12-21-15-18)14-20-11-4-7-16-6-3-8-17(16)20/h16-17,19H,2-15H2,1H3. The van der Waals surface area contributed by atoms with Crippen LogP contribution in [0.5, 0.6) is 0 Å². The van der Waals surface area contributed by atoms with Crippen molar-refractivity contribution >= 4 is 0 Å². The number of likely N-dealkylation sites (tertiary alicyclic amines) is 1. The van der Waals surface area contributed by atoms with E-state index in [0.717, 1.165) is 38.3 Å². The average molecular weight is 294 g/mol. The maximum Gasteiger partial charge on any atom is 0.0546 e. The number of nitrogens with one attached hydrogen (secondary N) is 1. The summed E-state index contributed by atoms with van der Waals surface area (Å²) in [6.45, 7) is 9.09. The van der Waals surface area contributed by atoms with Crippen LogP contribution in [0.4, 0.5) is 0 Å². The number of piperidine rings is 1. The van der Waals surface area contributed by atoms with Crippen LogP contribution in [0.25, 0.3) is 0 Å². The maximum atomic E-state index is 5.90. The number of ether oxygens (including phenoxy) is 1. The summed E-state index contributed by atoms with van der Waals surface area (Å²) in [5.74, 6) is 1.00. The van der Waals surface area contributed by atoms with Crippen molar-refractivity contribution in [2.75, 3.05) is 39.4 Å². The molecule has 0 aromatic heterocycles. The van der Waals surface area contributed by atoms with Gasteiger partial charge >= 0.3 is 0 Å². The predicted octanol–water partition coefficient (Wildman–Crippen LogP) is 3.05.